The number of nitrogens with one attached hydrogen (secondary N) is 1. The Morgan fingerprint density at radius 2 is 2.22 bits per heavy atom. The van der Waals surface area contributed by atoms with Gasteiger partial charge in [0.05, 0.1) is 5.56 Å². The van der Waals surface area contributed by atoms with Crippen LogP contribution in [-0.2, 0) is 0 Å². The Labute approximate surface area is 125 Å². The SMILES string of the molecule is Cc1ccc(C(=O)NCC2CCCC2Br)c(Br)c1. The summed E-state index contributed by atoms with van der Waals surface area (Å²) in [4.78, 5) is 12.6. The summed E-state index contributed by atoms with van der Waals surface area (Å²) < 4.78 is 0.863. The Bertz CT molecular complexity index is 447. The fourth-order valence-electron chi connectivity index (χ4n) is 2.34. The van der Waals surface area contributed by atoms with Gasteiger partial charge >= 0.3 is 0 Å². The smallest absolute Gasteiger partial charge is 0.252 e. The lowest BCUT2D eigenvalue weighted by atomic mass is 10.1. The molecule has 2 unspecified atom stereocenters. The molecule has 1 aliphatic rings. The first kappa shape index (κ1) is 14.1. The molecule has 0 saturated heterocycles. The van der Waals surface area contributed by atoms with Crippen LogP contribution in [0.15, 0.2) is 22.7 Å². The van der Waals surface area contributed by atoms with E-state index >= 15 is 0 Å². The van der Waals surface area contributed by atoms with Crippen molar-refractivity contribution >= 4 is 37.8 Å². The normalized spacial score (nSPS) is 23.1. The third-order valence-electron chi connectivity index (χ3n) is 3.46. The highest BCUT2D eigenvalue weighted by molar-refractivity contribution is 9.10. The zero-order valence-electron chi connectivity index (χ0n) is 10.4. The quantitative estimate of drug-likeness (QED) is 0.794. The fraction of sp³-hybridized carbons (Fsp3) is 0.500. The third kappa shape index (κ3) is 3.35. The molecule has 1 aromatic carbocycles. The van der Waals surface area contributed by atoms with Gasteiger partial charge in [0.1, 0.15) is 0 Å². The molecule has 1 saturated carbocycles. The van der Waals surface area contributed by atoms with Gasteiger partial charge in [-0.2, -0.15) is 0 Å². The van der Waals surface area contributed by atoms with Gasteiger partial charge in [-0.25, -0.2) is 0 Å². The van der Waals surface area contributed by atoms with Crippen LogP contribution < -0.4 is 5.32 Å². The summed E-state index contributed by atoms with van der Waals surface area (Å²) in [5, 5.41) is 3.03. The van der Waals surface area contributed by atoms with Gasteiger partial charge in [0.2, 0.25) is 0 Å². The number of amides is 1. The topological polar surface area (TPSA) is 29.1 Å². The number of hydrogen-bond donors (Lipinski definition) is 1. The molecular weight excluding hydrogens is 358 g/mol. The first-order chi connectivity index (χ1) is 8.58. The number of carbonyl (C=O) groups is 1. The molecule has 0 spiro atoms. The number of halogens is 2. The fourth-order valence-corrected chi connectivity index (χ4v) is 3.79. The number of benzene rings is 1. The van der Waals surface area contributed by atoms with Crippen molar-refractivity contribution in [1.82, 2.24) is 5.32 Å². The molecule has 1 aromatic rings. The lowest BCUT2D eigenvalue weighted by Gasteiger charge is -2.15. The van der Waals surface area contributed by atoms with Crippen LogP contribution in [0.5, 0.6) is 0 Å². The monoisotopic (exact) mass is 373 g/mol. The maximum absolute atomic E-state index is 12.1. The first-order valence-electron chi connectivity index (χ1n) is 6.26. The van der Waals surface area contributed by atoms with Crippen LogP contribution in [-0.4, -0.2) is 17.3 Å². The minimum absolute atomic E-state index is 0.00785. The van der Waals surface area contributed by atoms with Gasteiger partial charge in [0.15, 0.2) is 0 Å². The minimum atomic E-state index is 0.00785. The van der Waals surface area contributed by atoms with Gasteiger partial charge in [0.25, 0.3) is 5.91 Å². The lowest BCUT2D eigenvalue weighted by molar-refractivity contribution is 0.0947. The van der Waals surface area contributed by atoms with Crippen molar-refractivity contribution in [3.8, 4) is 0 Å². The van der Waals surface area contributed by atoms with Crippen molar-refractivity contribution in [2.75, 3.05) is 6.54 Å². The van der Waals surface area contributed by atoms with E-state index in [-0.39, 0.29) is 5.91 Å². The molecule has 98 valence electrons. The second-order valence-electron chi connectivity index (χ2n) is 4.90. The van der Waals surface area contributed by atoms with Crippen LogP contribution in [0.4, 0.5) is 0 Å². The van der Waals surface area contributed by atoms with Crippen molar-refractivity contribution in [2.24, 2.45) is 5.92 Å². The Morgan fingerprint density at radius 3 is 2.83 bits per heavy atom. The Kier molecular flexibility index (Phi) is 4.84. The van der Waals surface area contributed by atoms with E-state index in [9.17, 15) is 4.79 Å². The average molecular weight is 375 g/mol. The maximum atomic E-state index is 12.1. The highest BCUT2D eigenvalue weighted by Gasteiger charge is 2.25. The molecule has 0 radical (unpaired) electrons. The van der Waals surface area contributed by atoms with E-state index in [0.29, 0.717) is 16.3 Å². The third-order valence-corrected chi connectivity index (χ3v) is 5.32. The average Bonchev–Trinajstić information content (AvgIpc) is 2.72. The van der Waals surface area contributed by atoms with E-state index in [4.69, 9.17) is 0 Å². The van der Waals surface area contributed by atoms with Crippen LogP contribution in [0.2, 0.25) is 0 Å². The molecule has 0 aliphatic heterocycles. The van der Waals surface area contributed by atoms with Crippen molar-refractivity contribution < 1.29 is 4.79 Å². The summed E-state index contributed by atoms with van der Waals surface area (Å²) in [6.45, 7) is 2.77. The summed E-state index contributed by atoms with van der Waals surface area (Å²) in [5.41, 5.74) is 1.86. The predicted molar refractivity (Wildman–Crippen MR) is 81.3 cm³/mol. The van der Waals surface area contributed by atoms with Gasteiger partial charge in [-0.15, -0.1) is 0 Å². The highest BCUT2D eigenvalue weighted by atomic mass is 79.9. The van der Waals surface area contributed by atoms with Crippen LogP contribution in [0.25, 0.3) is 0 Å². The number of aryl methyl sites for hydroxylation is 1. The van der Waals surface area contributed by atoms with Crippen molar-refractivity contribution in [3.63, 3.8) is 0 Å². The number of alkyl halides is 1. The van der Waals surface area contributed by atoms with E-state index in [0.717, 1.165) is 16.6 Å². The van der Waals surface area contributed by atoms with E-state index in [1.807, 2.05) is 25.1 Å². The standard InChI is InChI=1S/C14H17Br2NO/c1-9-5-6-11(13(16)7-9)14(18)17-8-10-3-2-4-12(10)15/h5-7,10,12H,2-4,8H2,1H3,(H,17,18). The van der Waals surface area contributed by atoms with Gasteiger partial charge in [-0.05, 0) is 59.3 Å². The molecule has 1 amide bonds. The number of hydrogen-bond acceptors (Lipinski definition) is 1. The second kappa shape index (κ2) is 6.20. The zero-order chi connectivity index (χ0) is 13.1. The van der Waals surface area contributed by atoms with Gasteiger partial charge in [0, 0.05) is 15.8 Å². The molecule has 0 aromatic heterocycles. The Morgan fingerprint density at radius 1 is 1.44 bits per heavy atom. The minimum Gasteiger partial charge on any atom is -0.352 e. The summed E-state index contributed by atoms with van der Waals surface area (Å²) >= 11 is 7.12. The van der Waals surface area contributed by atoms with Crippen molar-refractivity contribution in [3.05, 3.63) is 33.8 Å². The zero-order valence-corrected chi connectivity index (χ0v) is 13.6. The molecule has 1 fully saturated rings. The van der Waals surface area contributed by atoms with Gasteiger partial charge in [-0.3, -0.25) is 4.79 Å². The molecule has 18 heavy (non-hydrogen) atoms. The van der Waals surface area contributed by atoms with Crippen LogP contribution >= 0.6 is 31.9 Å². The van der Waals surface area contributed by atoms with Gasteiger partial charge < -0.3 is 5.32 Å². The van der Waals surface area contributed by atoms with E-state index in [1.54, 1.807) is 0 Å². The predicted octanol–water partition coefficient (Wildman–Crippen LogP) is 4.05. The molecule has 4 heteroatoms. The largest absolute Gasteiger partial charge is 0.352 e. The molecule has 2 rings (SSSR count). The van der Waals surface area contributed by atoms with Crippen LogP contribution in [0, 0.1) is 12.8 Å². The van der Waals surface area contributed by atoms with E-state index in [1.165, 1.54) is 19.3 Å². The van der Waals surface area contributed by atoms with Crippen LogP contribution in [0.3, 0.4) is 0 Å². The Balaban J connectivity index is 1.95. The highest BCUT2D eigenvalue weighted by Crippen LogP contribution is 2.31. The van der Waals surface area contributed by atoms with Crippen molar-refractivity contribution in [1.29, 1.82) is 0 Å². The summed E-state index contributed by atoms with van der Waals surface area (Å²) in [6, 6.07) is 5.80. The Hall–Kier alpha value is -0.350. The molecule has 1 N–H and O–H groups in total. The summed E-state index contributed by atoms with van der Waals surface area (Å²) in [7, 11) is 0. The van der Waals surface area contributed by atoms with Crippen molar-refractivity contribution in [2.45, 2.75) is 31.0 Å². The van der Waals surface area contributed by atoms with Crippen LogP contribution in [0.1, 0.15) is 35.2 Å². The molecule has 0 heterocycles. The lowest BCUT2D eigenvalue weighted by Crippen LogP contribution is -2.31. The van der Waals surface area contributed by atoms with E-state index < -0.39 is 0 Å². The second-order valence-corrected chi connectivity index (χ2v) is 6.93. The summed E-state index contributed by atoms with van der Waals surface area (Å²) in [6.07, 6.45) is 3.67. The van der Waals surface area contributed by atoms with Gasteiger partial charge in [-0.1, -0.05) is 28.4 Å². The first-order valence-corrected chi connectivity index (χ1v) is 7.97. The molecular formula is C14H17Br2NO. The molecule has 2 atom stereocenters. The molecule has 2 nitrogen and oxygen atoms in total. The summed E-state index contributed by atoms with van der Waals surface area (Å²) in [5.74, 6) is 0.576. The number of rotatable bonds is 3. The maximum Gasteiger partial charge on any atom is 0.252 e. The molecule has 0 bridgehead atoms. The molecule has 1 aliphatic carbocycles. The number of carbonyl (C=O) groups excluding carboxylic acids is 1. The van der Waals surface area contributed by atoms with E-state index in [2.05, 4.69) is 37.2 Å².